The lowest BCUT2D eigenvalue weighted by Gasteiger charge is -2.25. The van der Waals surface area contributed by atoms with Gasteiger partial charge in [-0.15, -0.1) is 5.10 Å². The standard InChI is InChI=1S/C17H24N6O/c1-13-8-22(11-17(13,2)10-18)16(24)20-15-19-12-23(21-15)9-14-6-4-3-5-7-14/h3-7,12-13H,8-11,18H2,1-2H3,(H,20,21,24)/t13-,17-/m1/s1. The van der Waals surface area contributed by atoms with Crippen LogP contribution in [0.1, 0.15) is 19.4 Å². The van der Waals surface area contributed by atoms with Crippen molar-refractivity contribution in [2.24, 2.45) is 17.1 Å². The van der Waals surface area contributed by atoms with Gasteiger partial charge < -0.3 is 10.6 Å². The molecule has 3 N–H and O–H groups in total. The van der Waals surface area contributed by atoms with E-state index in [1.54, 1.807) is 15.9 Å². The van der Waals surface area contributed by atoms with E-state index >= 15 is 0 Å². The van der Waals surface area contributed by atoms with Crippen molar-refractivity contribution in [3.05, 3.63) is 42.2 Å². The molecule has 2 aromatic rings. The third kappa shape index (κ3) is 3.41. The van der Waals surface area contributed by atoms with E-state index in [1.165, 1.54) is 0 Å². The average Bonchev–Trinajstić information content (AvgIpc) is 3.13. The Kier molecular flexibility index (Phi) is 4.53. The van der Waals surface area contributed by atoms with Crippen LogP contribution in [0.4, 0.5) is 10.7 Å². The molecule has 0 aliphatic carbocycles. The Bertz CT molecular complexity index is 700. The van der Waals surface area contributed by atoms with E-state index in [4.69, 9.17) is 5.73 Å². The number of hydrogen-bond donors (Lipinski definition) is 2. The van der Waals surface area contributed by atoms with Gasteiger partial charge in [0.1, 0.15) is 6.33 Å². The van der Waals surface area contributed by atoms with Crippen molar-refractivity contribution >= 4 is 12.0 Å². The molecule has 2 amide bonds. The molecule has 7 nitrogen and oxygen atoms in total. The summed E-state index contributed by atoms with van der Waals surface area (Å²) in [5, 5.41) is 7.09. The Labute approximate surface area is 141 Å². The van der Waals surface area contributed by atoms with Gasteiger partial charge in [-0.2, -0.15) is 0 Å². The van der Waals surface area contributed by atoms with E-state index in [-0.39, 0.29) is 11.4 Å². The van der Waals surface area contributed by atoms with Crippen LogP contribution in [0.5, 0.6) is 0 Å². The monoisotopic (exact) mass is 328 g/mol. The van der Waals surface area contributed by atoms with E-state index < -0.39 is 0 Å². The summed E-state index contributed by atoms with van der Waals surface area (Å²) in [7, 11) is 0. The number of nitrogens with two attached hydrogens (primary N) is 1. The molecule has 3 rings (SSSR count). The minimum Gasteiger partial charge on any atom is -0.330 e. The number of hydrogen-bond acceptors (Lipinski definition) is 4. The number of anilines is 1. The second-order valence-corrected chi connectivity index (χ2v) is 6.82. The molecule has 7 heteroatoms. The van der Waals surface area contributed by atoms with Crippen LogP contribution in [0.25, 0.3) is 0 Å². The van der Waals surface area contributed by atoms with Crippen LogP contribution >= 0.6 is 0 Å². The Morgan fingerprint density at radius 3 is 2.83 bits per heavy atom. The molecule has 128 valence electrons. The van der Waals surface area contributed by atoms with Gasteiger partial charge in [-0.3, -0.25) is 5.32 Å². The topological polar surface area (TPSA) is 89.1 Å². The highest BCUT2D eigenvalue weighted by Crippen LogP contribution is 2.34. The summed E-state index contributed by atoms with van der Waals surface area (Å²) in [6.07, 6.45) is 1.62. The van der Waals surface area contributed by atoms with E-state index in [0.29, 0.717) is 38.0 Å². The van der Waals surface area contributed by atoms with E-state index in [1.807, 2.05) is 30.3 Å². The molecule has 0 bridgehead atoms. The van der Waals surface area contributed by atoms with Crippen molar-refractivity contribution in [1.82, 2.24) is 19.7 Å². The van der Waals surface area contributed by atoms with Crippen LogP contribution in [0, 0.1) is 11.3 Å². The first-order valence-electron chi connectivity index (χ1n) is 8.19. The Morgan fingerprint density at radius 1 is 1.42 bits per heavy atom. The number of amides is 2. The Morgan fingerprint density at radius 2 is 2.17 bits per heavy atom. The molecule has 0 spiro atoms. The number of benzene rings is 1. The Balaban J connectivity index is 1.60. The maximum absolute atomic E-state index is 12.4. The van der Waals surface area contributed by atoms with Crippen molar-refractivity contribution < 1.29 is 4.79 Å². The maximum atomic E-state index is 12.4. The molecular weight excluding hydrogens is 304 g/mol. The zero-order valence-corrected chi connectivity index (χ0v) is 14.1. The highest BCUT2D eigenvalue weighted by Gasteiger charge is 2.41. The van der Waals surface area contributed by atoms with Crippen molar-refractivity contribution in [3.63, 3.8) is 0 Å². The second-order valence-electron chi connectivity index (χ2n) is 6.82. The lowest BCUT2D eigenvalue weighted by atomic mass is 9.81. The maximum Gasteiger partial charge on any atom is 0.324 e. The van der Waals surface area contributed by atoms with Crippen molar-refractivity contribution in [2.75, 3.05) is 25.0 Å². The van der Waals surface area contributed by atoms with E-state index in [9.17, 15) is 4.79 Å². The molecule has 1 fully saturated rings. The van der Waals surface area contributed by atoms with Gasteiger partial charge in [0.15, 0.2) is 0 Å². The lowest BCUT2D eigenvalue weighted by Crippen LogP contribution is -2.37. The molecule has 1 saturated heterocycles. The normalized spacial score (nSPS) is 23.5. The van der Waals surface area contributed by atoms with Crippen LogP contribution in [0.3, 0.4) is 0 Å². The second kappa shape index (κ2) is 6.60. The minimum atomic E-state index is -0.170. The first kappa shape index (κ1) is 16.4. The van der Waals surface area contributed by atoms with E-state index in [0.717, 1.165) is 5.56 Å². The molecule has 2 atom stereocenters. The molecule has 0 saturated carbocycles. The van der Waals surface area contributed by atoms with Crippen LogP contribution in [-0.2, 0) is 6.54 Å². The molecule has 1 aromatic carbocycles. The Hall–Kier alpha value is -2.41. The van der Waals surface area contributed by atoms with Crippen molar-refractivity contribution in [2.45, 2.75) is 20.4 Å². The lowest BCUT2D eigenvalue weighted by molar-refractivity contribution is 0.215. The molecule has 1 aromatic heterocycles. The quantitative estimate of drug-likeness (QED) is 0.895. The van der Waals surface area contributed by atoms with Gasteiger partial charge in [0, 0.05) is 18.5 Å². The summed E-state index contributed by atoms with van der Waals surface area (Å²) in [4.78, 5) is 18.4. The number of rotatable bonds is 4. The number of nitrogens with zero attached hydrogens (tertiary/aromatic N) is 4. The van der Waals surface area contributed by atoms with Crippen LogP contribution in [-0.4, -0.2) is 45.3 Å². The van der Waals surface area contributed by atoms with Gasteiger partial charge in [-0.05, 0) is 18.0 Å². The first-order chi connectivity index (χ1) is 11.5. The average molecular weight is 328 g/mol. The van der Waals surface area contributed by atoms with Crippen LogP contribution in [0.2, 0.25) is 0 Å². The molecule has 0 unspecified atom stereocenters. The van der Waals surface area contributed by atoms with Gasteiger partial charge in [0.25, 0.3) is 0 Å². The fourth-order valence-electron chi connectivity index (χ4n) is 3.00. The molecule has 1 aliphatic heterocycles. The summed E-state index contributed by atoms with van der Waals surface area (Å²) in [6.45, 7) is 6.80. The van der Waals surface area contributed by atoms with Crippen molar-refractivity contribution in [3.8, 4) is 0 Å². The zero-order valence-electron chi connectivity index (χ0n) is 14.1. The summed E-state index contributed by atoms with van der Waals surface area (Å²) >= 11 is 0. The number of urea groups is 1. The molecular formula is C17H24N6O. The largest absolute Gasteiger partial charge is 0.330 e. The van der Waals surface area contributed by atoms with Gasteiger partial charge in [-0.25, -0.2) is 14.5 Å². The van der Waals surface area contributed by atoms with E-state index in [2.05, 4.69) is 29.2 Å². The summed E-state index contributed by atoms with van der Waals surface area (Å²) in [5.74, 6) is 0.696. The smallest absolute Gasteiger partial charge is 0.324 e. The molecule has 2 heterocycles. The number of carbonyl (C=O) groups excluding carboxylic acids is 1. The van der Waals surface area contributed by atoms with Crippen LogP contribution < -0.4 is 11.1 Å². The van der Waals surface area contributed by atoms with Gasteiger partial charge in [-0.1, -0.05) is 44.2 Å². The fraction of sp³-hybridized carbons (Fsp3) is 0.471. The predicted octanol–water partition coefficient (Wildman–Crippen LogP) is 1.77. The summed E-state index contributed by atoms with van der Waals surface area (Å²) in [5.41, 5.74) is 6.97. The predicted molar refractivity (Wildman–Crippen MR) is 92.5 cm³/mol. The third-order valence-corrected chi connectivity index (χ3v) is 4.93. The summed E-state index contributed by atoms with van der Waals surface area (Å²) in [6, 6.07) is 9.83. The zero-order chi connectivity index (χ0) is 17.2. The third-order valence-electron chi connectivity index (χ3n) is 4.93. The van der Waals surface area contributed by atoms with Gasteiger partial charge in [0.2, 0.25) is 5.95 Å². The number of carbonyl (C=O) groups is 1. The molecule has 0 radical (unpaired) electrons. The number of nitrogens with one attached hydrogen (secondary N) is 1. The van der Waals surface area contributed by atoms with Crippen LogP contribution in [0.15, 0.2) is 36.7 Å². The number of aromatic nitrogens is 3. The highest BCUT2D eigenvalue weighted by molar-refractivity contribution is 5.87. The van der Waals surface area contributed by atoms with Gasteiger partial charge >= 0.3 is 6.03 Å². The first-order valence-corrected chi connectivity index (χ1v) is 8.19. The number of likely N-dealkylation sites (tertiary alicyclic amines) is 1. The highest BCUT2D eigenvalue weighted by atomic mass is 16.2. The minimum absolute atomic E-state index is 0.0303. The molecule has 1 aliphatic rings. The SMILES string of the molecule is C[C@@H]1CN(C(=O)Nc2ncn(Cc3ccccc3)n2)C[C@@]1(C)CN. The summed E-state index contributed by atoms with van der Waals surface area (Å²) < 4.78 is 1.71. The molecule has 24 heavy (non-hydrogen) atoms. The van der Waals surface area contributed by atoms with Gasteiger partial charge in [0.05, 0.1) is 6.54 Å². The fourth-order valence-corrected chi connectivity index (χ4v) is 3.00. The van der Waals surface area contributed by atoms with Crippen molar-refractivity contribution in [1.29, 1.82) is 0 Å².